The Kier molecular flexibility index (Phi) is 9.09. The molecule has 2 rings (SSSR count). The van der Waals surface area contributed by atoms with E-state index in [1.807, 2.05) is 26.0 Å². The van der Waals surface area contributed by atoms with E-state index in [-0.39, 0.29) is 24.0 Å². The van der Waals surface area contributed by atoms with Gasteiger partial charge in [0.1, 0.15) is 11.9 Å². The van der Waals surface area contributed by atoms with Gasteiger partial charge in [-0.15, -0.1) is 0 Å². The van der Waals surface area contributed by atoms with E-state index in [2.05, 4.69) is 40.5 Å². The van der Waals surface area contributed by atoms with Crippen molar-refractivity contribution in [2.45, 2.75) is 26.4 Å². The van der Waals surface area contributed by atoms with E-state index in [4.69, 9.17) is 9.47 Å². The summed E-state index contributed by atoms with van der Waals surface area (Å²) in [5.74, 6) is -0.578. The highest BCUT2D eigenvalue weighted by Gasteiger charge is 2.27. The number of phenols is 1. The van der Waals surface area contributed by atoms with Crippen LogP contribution in [-0.4, -0.2) is 29.5 Å². The first-order valence-electron chi connectivity index (χ1n) is 9.09. The van der Waals surface area contributed by atoms with Crippen LogP contribution in [0, 0.1) is 16.4 Å². The molecule has 0 heterocycles. The van der Waals surface area contributed by atoms with Crippen LogP contribution in [0.25, 0.3) is 0 Å². The van der Waals surface area contributed by atoms with Crippen molar-refractivity contribution in [3.05, 3.63) is 57.2 Å². The van der Waals surface area contributed by atoms with E-state index < -0.39 is 18.2 Å². The van der Waals surface area contributed by atoms with Crippen molar-refractivity contribution in [3.63, 3.8) is 0 Å². The second-order valence-electron chi connectivity index (χ2n) is 6.66. The summed E-state index contributed by atoms with van der Waals surface area (Å²) in [7, 11) is 0. The Labute approximate surface area is 189 Å². The Morgan fingerprint density at radius 1 is 1.21 bits per heavy atom. The number of thiol groups is 1. The van der Waals surface area contributed by atoms with Crippen molar-refractivity contribution in [1.82, 2.24) is 0 Å². The summed E-state index contributed by atoms with van der Waals surface area (Å²) in [6.07, 6.45) is -0.895. The minimum absolute atomic E-state index is 0.00489. The van der Waals surface area contributed by atoms with Gasteiger partial charge in [0, 0.05) is 20.7 Å². The molecule has 0 aromatic heterocycles. The molecule has 0 fully saturated rings. The molecule has 0 aliphatic rings. The van der Waals surface area contributed by atoms with Crippen LogP contribution >= 0.6 is 35.2 Å². The number of phenolic OH excluding ortho intramolecular Hbond substituents is 1. The fourth-order valence-electron chi connectivity index (χ4n) is 2.69. The lowest BCUT2D eigenvalue weighted by atomic mass is 9.94. The normalized spacial score (nSPS) is 12.7. The molecule has 29 heavy (non-hydrogen) atoms. The van der Waals surface area contributed by atoms with Crippen LogP contribution in [0.5, 0.6) is 5.75 Å². The standard InChI is InChI=1S/C21H24INO5S/c1-13-3-6-16(7-4-13)23-21(26)28-20(14(2)9-10-27-19(25)12-29)17-11-15(22)5-8-18(17)24/h3-8,11,14,20,24,29H,9-10,12H2,1-2H3,(H,23,26)/t14-,20+/m1/s1. The highest BCUT2D eigenvalue weighted by Crippen LogP contribution is 2.35. The van der Waals surface area contributed by atoms with E-state index >= 15 is 0 Å². The number of rotatable bonds is 8. The first-order chi connectivity index (χ1) is 13.8. The van der Waals surface area contributed by atoms with Crippen LogP contribution in [0.1, 0.15) is 30.6 Å². The second-order valence-corrected chi connectivity index (χ2v) is 8.23. The Morgan fingerprint density at radius 3 is 2.55 bits per heavy atom. The molecule has 8 heteroatoms. The quantitative estimate of drug-likeness (QED) is 0.252. The van der Waals surface area contributed by atoms with Gasteiger partial charge in [-0.3, -0.25) is 10.1 Å². The Balaban J connectivity index is 2.14. The molecule has 2 atom stereocenters. The number of aromatic hydroxyl groups is 1. The lowest BCUT2D eigenvalue weighted by Gasteiger charge is -2.25. The first kappa shape index (κ1) is 23.3. The van der Waals surface area contributed by atoms with Crippen LogP contribution in [0.4, 0.5) is 10.5 Å². The summed E-state index contributed by atoms with van der Waals surface area (Å²) in [5.41, 5.74) is 2.19. The maximum Gasteiger partial charge on any atom is 0.412 e. The molecule has 2 aromatic carbocycles. The maximum atomic E-state index is 12.5. The minimum Gasteiger partial charge on any atom is -0.508 e. The topological polar surface area (TPSA) is 84.9 Å². The highest BCUT2D eigenvalue weighted by molar-refractivity contribution is 14.1. The number of amides is 1. The number of hydrogen-bond acceptors (Lipinski definition) is 6. The molecular formula is C21H24INO5S. The van der Waals surface area contributed by atoms with E-state index in [0.29, 0.717) is 17.7 Å². The van der Waals surface area contributed by atoms with Gasteiger partial charge in [-0.05, 0) is 66.3 Å². The van der Waals surface area contributed by atoms with Crippen LogP contribution < -0.4 is 5.32 Å². The number of hydrogen-bond donors (Lipinski definition) is 3. The SMILES string of the molecule is Cc1ccc(NC(=O)O[C@H](c2cc(I)ccc2O)[C@H](C)CCOC(=O)CS)cc1. The van der Waals surface area contributed by atoms with Gasteiger partial charge in [0.05, 0.1) is 12.4 Å². The number of anilines is 1. The van der Waals surface area contributed by atoms with Crippen LogP contribution in [0.2, 0.25) is 0 Å². The predicted octanol–water partition coefficient (Wildman–Crippen LogP) is 5.09. The summed E-state index contributed by atoms with van der Waals surface area (Å²) in [4.78, 5) is 23.8. The van der Waals surface area contributed by atoms with Crippen LogP contribution in [0.15, 0.2) is 42.5 Å². The Morgan fingerprint density at radius 2 is 1.90 bits per heavy atom. The molecule has 2 aromatic rings. The van der Waals surface area contributed by atoms with Crippen molar-refractivity contribution < 1.29 is 24.2 Å². The number of nitrogens with one attached hydrogen (secondary N) is 1. The van der Waals surface area contributed by atoms with Gasteiger partial charge in [-0.2, -0.15) is 12.6 Å². The van der Waals surface area contributed by atoms with Crippen molar-refractivity contribution in [2.24, 2.45) is 5.92 Å². The first-order valence-corrected chi connectivity index (χ1v) is 10.8. The van der Waals surface area contributed by atoms with Crippen molar-refractivity contribution in [3.8, 4) is 5.75 Å². The maximum absolute atomic E-state index is 12.5. The van der Waals surface area contributed by atoms with E-state index in [1.165, 1.54) is 0 Å². The zero-order chi connectivity index (χ0) is 21.4. The van der Waals surface area contributed by atoms with Crippen LogP contribution in [0.3, 0.4) is 0 Å². The van der Waals surface area contributed by atoms with Gasteiger partial charge in [-0.25, -0.2) is 4.79 Å². The molecule has 1 amide bonds. The van der Waals surface area contributed by atoms with Gasteiger partial charge in [0.2, 0.25) is 0 Å². The third kappa shape index (κ3) is 7.43. The summed E-state index contributed by atoms with van der Waals surface area (Å²) in [6, 6.07) is 12.5. The number of benzene rings is 2. The predicted molar refractivity (Wildman–Crippen MR) is 123 cm³/mol. The third-order valence-corrected chi connectivity index (χ3v) is 5.24. The van der Waals surface area contributed by atoms with Gasteiger partial charge in [-0.1, -0.05) is 24.6 Å². The van der Waals surface area contributed by atoms with Gasteiger partial charge in [0.15, 0.2) is 0 Å². The molecular weight excluding hydrogens is 505 g/mol. The van der Waals surface area contributed by atoms with Crippen molar-refractivity contribution >= 4 is 53.0 Å². The zero-order valence-corrected chi connectivity index (χ0v) is 19.3. The van der Waals surface area contributed by atoms with Crippen LogP contribution in [-0.2, 0) is 14.3 Å². The smallest absolute Gasteiger partial charge is 0.412 e. The fourth-order valence-corrected chi connectivity index (χ4v) is 3.30. The molecule has 2 N–H and O–H groups in total. The lowest BCUT2D eigenvalue weighted by Crippen LogP contribution is -2.23. The number of esters is 1. The molecule has 0 unspecified atom stereocenters. The van der Waals surface area contributed by atoms with Gasteiger partial charge < -0.3 is 14.6 Å². The minimum atomic E-state index is -0.718. The molecule has 0 bridgehead atoms. The monoisotopic (exact) mass is 529 g/mol. The zero-order valence-electron chi connectivity index (χ0n) is 16.2. The molecule has 0 saturated heterocycles. The van der Waals surface area contributed by atoms with Crippen molar-refractivity contribution in [1.29, 1.82) is 0 Å². The average Bonchev–Trinajstić information content (AvgIpc) is 2.69. The van der Waals surface area contributed by atoms with Crippen molar-refractivity contribution in [2.75, 3.05) is 17.7 Å². The molecule has 6 nitrogen and oxygen atoms in total. The second kappa shape index (κ2) is 11.3. The summed E-state index contributed by atoms with van der Waals surface area (Å²) >= 11 is 6.01. The average molecular weight is 529 g/mol. The molecule has 0 radical (unpaired) electrons. The summed E-state index contributed by atoms with van der Waals surface area (Å²) < 4.78 is 11.7. The number of carbonyl (C=O) groups excluding carboxylic acids is 2. The van der Waals surface area contributed by atoms with Gasteiger partial charge in [0.25, 0.3) is 0 Å². The number of ether oxygens (including phenoxy) is 2. The number of carbonyl (C=O) groups is 2. The molecule has 0 spiro atoms. The lowest BCUT2D eigenvalue weighted by molar-refractivity contribution is -0.141. The van der Waals surface area contributed by atoms with E-state index in [1.54, 1.807) is 30.3 Å². The largest absolute Gasteiger partial charge is 0.508 e. The Hall–Kier alpha value is -1.94. The highest BCUT2D eigenvalue weighted by atomic mass is 127. The molecule has 0 aliphatic heterocycles. The van der Waals surface area contributed by atoms with Gasteiger partial charge >= 0.3 is 12.1 Å². The summed E-state index contributed by atoms with van der Waals surface area (Å²) in [6.45, 7) is 4.00. The molecule has 0 aliphatic carbocycles. The van der Waals surface area contributed by atoms with E-state index in [0.717, 1.165) is 9.13 Å². The number of halogens is 1. The molecule has 156 valence electrons. The molecule has 0 saturated carbocycles. The summed E-state index contributed by atoms with van der Waals surface area (Å²) in [5, 5.41) is 13.0. The van der Waals surface area contributed by atoms with E-state index in [9.17, 15) is 14.7 Å². The fraction of sp³-hybridized carbons (Fsp3) is 0.333. The number of aryl methyl sites for hydroxylation is 1. The Bertz CT molecular complexity index is 843. The third-order valence-electron chi connectivity index (χ3n) is 4.31.